The van der Waals surface area contributed by atoms with Crippen molar-refractivity contribution in [3.8, 4) is 0 Å². The van der Waals surface area contributed by atoms with Crippen LogP contribution in [0.4, 0.5) is 4.39 Å². The van der Waals surface area contributed by atoms with Crippen molar-refractivity contribution in [3.63, 3.8) is 0 Å². The molecule has 2 aliphatic carbocycles. The molecule has 2 fully saturated rings. The van der Waals surface area contributed by atoms with Crippen LogP contribution in [0.15, 0.2) is 36.4 Å². The first-order valence-corrected chi connectivity index (χ1v) is 11.1. The number of alkyl halides is 1. The largest absolute Gasteiger partial charge is 0.251 e. The van der Waals surface area contributed by atoms with Gasteiger partial charge in [0.1, 0.15) is 0 Å². The fraction of sp³-hybridized carbons (Fsp3) is 0.667. The zero-order valence-electron chi connectivity index (χ0n) is 16.0. The second kappa shape index (κ2) is 10.5. The zero-order chi connectivity index (χ0) is 18.2. The maximum atomic E-state index is 12.2. The molecule has 1 aromatic carbocycles. The summed E-state index contributed by atoms with van der Waals surface area (Å²) in [5.41, 5.74) is 1.43. The van der Waals surface area contributed by atoms with E-state index in [0.717, 1.165) is 22.8 Å². The lowest BCUT2D eigenvalue weighted by Gasteiger charge is -2.37. The van der Waals surface area contributed by atoms with Crippen molar-refractivity contribution in [2.75, 3.05) is 6.67 Å². The van der Waals surface area contributed by atoms with E-state index in [9.17, 15) is 4.39 Å². The van der Waals surface area contributed by atoms with E-state index in [1.165, 1.54) is 69.8 Å². The Morgan fingerprint density at radius 3 is 2.12 bits per heavy atom. The van der Waals surface area contributed by atoms with E-state index in [0.29, 0.717) is 12.3 Å². The minimum atomic E-state index is -0.215. The highest BCUT2D eigenvalue weighted by molar-refractivity contribution is 6.30. The summed E-state index contributed by atoms with van der Waals surface area (Å²) in [5.74, 6) is 3.56. The molecule has 0 radical (unpaired) electrons. The lowest BCUT2D eigenvalue weighted by Crippen LogP contribution is -2.25. The van der Waals surface area contributed by atoms with Crippen LogP contribution in [0.2, 0.25) is 5.02 Å². The molecule has 2 aliphatic rings. The molecular weight excluding hydrogens is 343 g/mol. The molecule has 2 heteroatoms. The quantitative estimate of drug-likeness (QED) is 0.426. The number of allylic oxidation sites excluding steroid dienone is 2. The Hall–Kier alpha value is -0.820. The number of halogens is 2. The van der Waals surface area contributed by atoms with Crippen molar-refractivity contribution < 1.29 is 4.39 Å². The summed E-state index contributed by atoms with van der Waals surface area (Å²) >= 11 is 5.97. The Labute approximate surface area is 164 Å². The highest BCUT2D eigenvalue weighted by atomic mass is 35.5. The Morgan fingerprint density at radius 2 is 1.50 bits per heavy atom. The standard InChI is InChI=1S/C24H34ClF/c25-24-16-10-21(11-17-24)5-4-20-8-14-23(15-9-20)22-12-6-19(7-13-22)3-1-2-18-26/h1,3,10-11,16-17,19-20,22-23H,2,4-9,12-15,18H2/b3-1+. The first-order chi connectivity index (χ1) is 12.7. The average Bonchev–Trinajstić information content (AvgIpc) is 2.69. The van der Waals surface area contributed by atoms with Crippen LogP contribution in [0.1, 0.15) is 69.8 Å². The zero-order valence-corrected chi connectivity index (χ0v) is 16.8. The Bertz CT molecular complexity index is 534. The van der Waals surface area contributed by atoms with Gasteiger partial charge in [0.2, 0.25) is 0 Å². The van der Waals surface area contributed by atoms with E-state index < -0.39 is 0 Å². The van der Waals surface area contributed by atoms with E-state index in [2.05, 4.69) is 24.3 Å². The maximum Gasteiger partial charge on any atom is 0.0928 e. The average molecular weight is 377 g/mol. The van der Waals surface area contributed by atoms with Gasteiger partial charge in [0, 0.05) is 5.02 Å². The van der Waals surface area contributed by atoms with Gasteiger partial charge < -0.3 is 0 Å². The van der Waals surface area contributed by atoms with Crippen LogP contribution < -0.4 is 0 Å². The summed E-state index contributed by atoms with van der Waals surface area (Å²) < 4.78 is 12.2. The Balaban J connectivity index is 1.34. The van der Waals surface area contributed by atoms with Crippen molar-refractivity contribution in [1.29, 1.82) is 0 Å². The number of benzene rings is 1. The molecule has 0 aromatic heterocycles. The van der Waals surface area contributed by atoms with Crippen molar-refractivity contribution in [2.45, 2.75) is 70.6 Å². The molecule has 0 saturated heterocycles. The van der Waals surface area contributed by atoms with Crippen LogP contribution in [-0.2, 0) is 6.42 Å². The molecule has 2 saturated carbocycles. The first-order valence-electron chi connectivity index (χ1n) is 10.7. The molecule has 144 valence electrons. The Morgan fingerprint density at radius 1 is 0.885 bits per heavy atom. The number of hydrogen-bond acceptors (Lipinski definition) is 0. The highest BCUT2D eigenvalue weighted by Crippen LogP contribution is 2.42. The van der Waals surface area contributed by atoms with Gasteiger partial charge in [-0.3, -0.25) is 4.39 Å². The van der Waals surface area contributed by atoms with Gasteiger partial charge in [0.05, 0.1) is 6.67 Å². The van der Waals surface area contributed by atoms with E-state index in [1.54, 1.807) is 0 Å². The summed E-state index contributed by atoms with van der Waals surface area (Å²) in [6.45, 7) is -0.215. The number of hydrogen-bond donors (Lipinski definition) is 0. The van der Waals surface area contributed by atoms with Crippen LogP contribution in [-0.4, -0.2) is 6.67 Å². The summed E-state index contributed by atoms with van der Waals surface area (Å²) in [7, 11) is 0. The molecule has 0 nitrogen and oxygen atoms in total. The van der Waals surface area contributed by atoms with Crippen molar-refractivity contribution in [3.05, 3.63) is 47.0 Å². The molecule has 0 amide bonds. The number of aryl methyl sites for hydroxylation is 1. The molecule has 0 unspecified atom stereocenters. The van der Waals surface area contributed by atoms with Gasteiger partial charge in [-0.05, 0) is 99.2 Å². The summed E-state index contributed by atoms with van der Waals surface area (Å²) in [6, 6.07) is 8.37. The second-order valence-corrected chi connectivity index (χ2v) is 8.96. The van der Waals surface area contributed by atoms with Gasteiger partial charge in [-0.1, -0.05) is 48.7 Å². The molecule has 0 heterocycles. The molecule has 0 N–H and O–H groups in total. The van der Waals surface area contributed by atoms with E-state index >= 15 is 0 Å². The summed E-state index contributed by atoms with van der Waals surface area (Å²) in [6.07, 6.45) is 18.6. The van der Waals surface area contributed by atoms with Gasteiger partial charge in [-0.15, -0.1) is 0 Å². The predicted molar refractivity (Wildman–Crippen MR) is 110 cm³/mol. The normalized spacial score (nSPS) is 29.9. The highest BCUT2D eigenvalue weighted by Gasteiger charge is 2.30. The molecule has 0 bridgehead atoms. The van der Waals surface area contributed by atoms with Gasteiger partial charge in [-0.25, -0.2) is 0 Å². The van der Waals surface area contributed by atoms with Crippen LogP contribution in [0, 0.1) is 23.7 Å². The summed E-state index contributed by atoms with van der Waals surface area (Å²) in [4.78, 5) is 0. The molecule has 1 aromatic rings. The van der Waals surface area contributed by atoms with Crippen molar-refractivity contribution in [2.24, 2.45) is 23.7 Å². The molecule has 26 heavy (non-hydrogen) atoms. The molecule has 0 spiro atoms. The lowest BCUT2D eigenvalue weighted by atomic mass is 9.68. The van der Waals surface area contributed by atoms with E-state index in [1.807, 2.05) is 12.1 Å². The maximum absolute atomic E-state index is 12.2. The molecule has 3 rings (SSSR count). The third-order valence-corrected chi connectivity index (χ3v) is 7.07. The predicted octanol–water partition coefficient (Wildman–Crippen LogP) is 7.80. The van der Waals surface area contributed by atoms with Crippen LogP contribution in [0.5, 0.6) is 0 Å². The third kappa shape index (κ3) is 6.12. The smallest absolute Gasteiger partial charge is 0.0928 e. The van der Waals surface area contributed by atoms with Crippen LogP contribution >= 0.6 is 11.6 Å². The van der Waals surface area contributed by atoms with Crippen molar-refractivity contribution >= 4 is 11.6 Å². The fourth-order valence-corrected chi connectivity index (χ4v) is 5.26. The third-order valence-electron chi connectivity index (χ3n) is 6.81. The van der Waals surface area contributed by atoms with Gasteiger partial charge in [0.15, 0.2) is 0 Å². The van der Waals surface area contributed by atoms with E-state index in [-0.39, 0.29) is 6.67 Å². The Kier molecular flexibility index (Phi) is 8.05. The molecule has 0 aliphatic heterocycles. The fourth-order valence-electron chi connectivity index (χ4n) is 5.13. The number of rotatable bonds is 7. The van der Waals surface area contributed by atoms with Crippen molar-refractivity contribution in [1.82, 2.24) is 0 Å². The molecule has 0 atom stereocenters. The monoisotopic (exact) mass is 376 g/mol. The van der Waals surface area contributed by atoms with Gasteiger partial charge in [0.25, 0.3) is 0 Å². The topological polar surface area (TPSA) is 0 Å². The van der Waals surface area contributed by atoms with E-state index in [4.69, 9.17) is 11.6 Å². The SMILES string of the molecule is FCC/C=C/C1CCC(C2CCC(CCc3ccc(Cl)cc3)CC2)CC1. The molecular formula is C24H34ClF. The second-order valence-electron chi connectivity index (χ2n) is 8.53. The lowest BCUT2D eigenvalue weighted by molar-refractivity contribution is 0.152. The van der Waals surface area contributed by atoms with Crippen LogP contribution in [0.25, 0.3) is 0 Å². The first kappa shape index (κ1) is 19.9. The minimum Gasteiger partial charge on any atom is -0.251 e. The van der Waals surface area contributed by atoms with Gasteiger partial charge >= 0.3 is 0 Å². The minimum absolute atomic E-state index is 0.215. The van der Waals surface area contributed by atoms with Crippen LogP contribution in [0.3, 0.4) is 0 Å². The van der Waals surface area contributed by atoms with Gasteiger partial charge in [-0.2, -0.15) is 0 Å². The summed E-state index contributed by atoms with van der Waals surface area (Å²) in [5, 5.41) is 0.835.